The summed E-state index contributed by atoms with van der Waals surface area (Å²) >= 11 is 1.99. The molecule has 1 N–H and O–H groups in total. The van der Waals surface area contributed by atoms with Crippen molar-refractivity contribution in [3.63, 3.8) is 0 Å². The molecule has 1 aromatic rings. The number of benzene rings is 1. The molecule has 0 aromatic heterocycles. The highest BCUT2D eigenvalue weighted by Gasteiger charge is 2.25. The summed E-state index contributed by atoms with van der Waals surface area (Å²) < 4.78 is 5.29. The van der Waals surface area contributed by atoms with Gasteiger partial charge in [0.25, 0.3) is 0 Å². The highest BCUT2D eigenvalue weighted by Crippen LogP contribution is 2.29. The molecule has 0 aliphatic heterocycles. The van der Waals surface area contributed by atoms with E-state index in [0.29, 0.717) is 12.1 Å². The summed E-state index contributed by atoms with van der Waals surface area (Å²) in [5, 5.41) is 13.0. The summed E-state index contributed by atoms with van der Waals surface area (Å²) in [7, 11) is 0. The molecule has 1 aliphatic rings. The Hall–Kier alpha value is -1.18. The van der Waals surface area contributed by atoms with Gasteiger partial charge in [0.2, 0.25) is 0 Å². The van der Waals surface area contributed by atoms with E-state index >= 15 is 0 Å². The lowest BCUT2D eigenvalue weighted by Gasteiger charge is -2.33. The fraction of sp³-hybridized carbons (Fsp3) is 0.588. The van der Waals surface area contributed by atoms with Gasteiger partial charge in [0.05, 0.1) is 0 Å². The van der Waals surface area contributed by atoms with Crippen molar-refractivity contribution >= 4 is 11.8 Å². The third-order valence-electron chi connectivity index (χ3n) is 4.15. The predicted octanol–water partition coefficient (Wildman–Crippen LogP) is 3.91. The fourth-order valence-electron chi connectivity index (χ4n) is 2.96. The first-order chi connectivity index (χ1) is 10.2. The van der Waals surface area contributed by atoms with Gasteiger partial charge in [0, 0.05) is 17.3 Å². The quantitative estimate of drug-likeness (QED) is 0.865. The van der Waals surface area contributed by atoms with E-state index in [-0.39, 0.29) is 6.61 Å². The molecule has 0 saturated heterocycles. The molecule has 2 rings (SSSR count). The maximum Gasteiger partial charge on any atom is 0.174 e. The minimum absolute atomic E-state index is 0.102. The third kappa shape index (κ3) is 4.66. The van der Waals surface area contributed by atoms with Crippen LogP contribution in [0.4, 0.5) is 0 Å². The van der Waals surface area contributed by atoms with Crippen molar-refractivity contribution in [2.24, 2.45) is 0 Å². The van der Waals surface area contributed by atoms with Crippen LogP contribution in [0.3, 0.4) is 0 Å². The van der Waals surface area contributed by atoms with Gasteiger partial charge >= 0.3 is 0 Å². The van der Waals surface area contributed by atoms with E-state index in [2.05, 4.69) is 30.6 Å². The highest BCUT2D eigenvalue weighted by atomic mass is 32.2. The maximum atomic E-state index is 8.51. The van der Waals surface area contributed by atoms with Crippen LogP contribution in [0.25, 0.3) is 0 Å². The molecule has 4 heteroatoms. The van der Waals surface area contributed by atoms with E-state index in [1.54, 1.807) is 0 Å². The first-order valence-corrected chi connectivity index (χ1v) is 8.92. The van der Waals surface area contributed by atoms with Crippen LogP contribution in [-0.2, 0) is 0 Å². The zero-order chi connectivity index (χ0) is 15.1. The van der Waals surface area contributed by atoms with E-state index in [4.69, 9.17) is 10.00 Å². The Bertz CT molecular complexity index is 469. The van der Waals surface area contributed by atoms with Crippen LogP contribution >= 0.6 is 11.8 Å². The van der Waals surface area contributed by atoms with Crippen LogP contribution < -0.4 is 10.1 Å². The summed E-state index contributed by atoms with van der Waals surface area (Å²) in [6.45, 7) is 2.32. The standard InChI is InChI=1S/C17H24N2OS/c1-13(19-16-5-3-4-6-17(16)21-2)14-7-9-15(10-8-14)20-12-11-18/h7-10,13,16-17,19H,3-6,12H2,1-2H3. The van der Waals surface area contributed by atoms with Crippen LogP contribution in [0.1, 0.15) is 44.2 Å². The molecular weight excluding hydrogens is 280 g/mol. The zero-order valence-electron chi connectivity index (χ0n) is 12.8. The number of hydrogen-bond donors (Lipinski definition) is 1. The molecule has 1 saturated carbocycles. The molecule has 0 heterocycles. The number of nitrogens with zero attached hydrogens (tertiary/aromatic N) is 1. The average Bonchev–Trinajstić information content (AvgIpc) is 2.54. The number of hydrogen-bond acceptors (Lipinski definition) is 4. The lowest BCUT2D eigenvalue weighted by molar-refractivity contribution is 0.355. The van der Waals surface area contributed by atoms with Gasteiger partial charge in [-0.25, -0.2) is 0 Å². The van der Waals surface area contributed by atoms with Crippen LogP contribution in [0, 0.1) is 11.3 Å². The topological polar surface area (TPSA) is 45.0 Å². The molecule has 114 valence electrons. The molecule has 3 nitrogen and oxygen atoms in total. The van der Waals surface area contributed by atoms with E-state index in [0.717, 1.165) is 11.0 Å². The number of thioether (sulfide) groups is 1. The van der Waals surface area contributed by atoms with Crippen molar-refractivity contribution in [2.75, 3.05) is 12.9 Å². The van der Waals surface area contributed by atoms with E-state index in [1.807, 2.05) is 30.0 Å². The van der Waals surface area contributed by atoms with Crippen LogP contribution in [0.2, 0.25) is 0 Å². The second-order valence-corrected chi connectivity index (χ2v) is 6.65. The van der Waals surface area contributed by atoms with Gasteiger partial charge in [0.15, 0.2) is 6.61 Å². The Balaban J connectivity index is 1.93. The Morgan fingerprint density at radius 1 is 1.33 bits per heavy atom. The molecule has 1 aliphatic carbocycles. The summed E-state index contributed by atoms with van der Waals surface area (Å²) in [6, 6.07) is 11.0. The Labute approximate surface area is 132 Å². The zero-order valence-corrected chi connectivity index (χ0v) is 13.7. The van der Waals surface area contributed by atoms with Crippen molar-refractivity contribution in [1.82, 2.24) is 5.32 Å². The van der Waals surface area contributed by atoms with Crippen LogP contribution in [-0.4, -0.2) is 24.2 Å². The second kappa shape index (κ2) is 8.31. The monoisotopic (exact) mass is 304 g/mol. The Morgan fingerprint density at radius 2 is 2.05 bits per heavy atom. The number of ether oxygens (including phenoxy) is 1. The summed E-state index contributed by atoms with van der Waals surface area (Å²) in [5.41, 5.74) is 1.27. The lowest BCUT2D eigenvalue weighted by atomic mass is 9.93. The highest BCUT2D eigenvalue weighted by molar-refractivity contribution is 7.99. The summed E-state index contributed by atoms with van der Waals surface area (Å²) in [4.78, 5) is 0. The molecule has 21 heavy (non-hydrogen) atoms. The molecule has 0 radical (unpaired) electrons. The molecule has 1 aromatic carbocycles. The second-order valence-electron chi connectivity index (χ2n) is 5.57. The van der Waals surface area contributed by atoms with E-state index < -0.39 is 0 Å². The molecule has 0 bridgehead atoms. The first-order valence-electron chi connectivity index (χ1n) is 7.63. The van der Waals surface area contributed by atoms with Gasteiger partial charge in [-0.1, -0.05) is 25.0 Å². The molecule has 3 atom stereocenters. The van der Waals surface area contributed by atoms with Crippen molar-refractivity contribution in [1.29, 1.82) is 5.26 Å². The fourth-order valence-corrected chi connectivity index (χ4v) is 3.90. The van der Waals surface area contributed by atoms with Crippen LogP contribution in [0.5, 0.6) is 5.75 Å². The summed E-state index contributed by atoms with van der Waals surface area (Å²) in [6.07, 6.45) is 7.52. The number of nitrogens with one attached hydrogen (secondary N) is 1. The Kier molecular flexibility index (Phi) is 6.41. The first kappa shape index (κ1) is 16.2. The van der Waals surface area contributed by atoms with Gasteiger partial charge in [-0.2, -0.15) is 17.0 Å². The SMILES string of the molecule is CSC1CCCCC1NC(C)c1ccc(OCC#N)cc1. The molecule has 1 fully saturated rings. The lowest BCUT2D eigenvalue weighted by Crippen LogP contribution is -2.41. The van der Waals surface area contributed by atoms with Crippen molar-refractivity contribution in [3.8, 4) is 11.8 Å². The van der Waals surface area contributed by atoms with Gasteiger partial charge in [0.1, 0.15) is 11.8 Å². The normalized spacial score (nSPS) is 23.3. The van der Waals surface area contributed by atoms with Crippen LogP contribution in [0.15, 0.2) is 24.3 Å². The number of rotatable bonds is 6. The summed E-state index contributed by atoms with van der Waals surface area (Å²) in [5.74, 6) is 0.757. The molecule has 3 unspecified atom stereocenters. The third-order valence-corrected chi connectivity index (χ3v) is 5.32. The van der Waals surface area contributed by atoms with E-state index in [1.165, 1.54) is 31.2 Å². The molecular formula is C17H24N2OS. The van der Waals surface area contributed by atoms with Crippen molar-refractivity contribution in [3.05, 3.63) is 29.8 Å². The minimum Gasteiger partial charge on any atom is -0.479 e. The van der Waals surface area contributed by atoms with Gasteiger partial charge in [-0.15, -0.1) is 0 Å². The van der Waals surface area contributed by atoms with Crippen molar-refractivity contribution in [2.45, 2.75) is 49.9 Å². The minimum atomic E-state index is 0.102. The van der Waals surface area contributed by atoms with Gasteiger partial charge < -0.3 is 10.1 Å². The average molecular weight is 304 g/mol. The molecule has 0 amide bonds. The maximum absolute atomic E-state index is 8.51. The van der Waals surface area contributed by atoms with Gasteiger partial charge in [-0.05, 0) is 43.7 Å². The van der Waals surface area contributed by atoms with Crippen molar-refractivity contribution < 1.29 is 4.74 Å². The number of nitriles is 1. The largest absolute Gasteiger partial charge is 0.479 e. The smallest absolute Gasteiger partial charge is 0.174 e. The van der Waals surface area contributed by atoms with E-state index in [9.17, 15) is 0 Å². The molecule has 0 spiro atoms. The predicted molar refractivity (Wildman–Crippen MR) is 88.7 cm³/mol. The Morgan fingerprint density at radius 3 is 2.71 bits per heavy atom. The van der Waals surface area contributed by atoms with Gasteiger partial charge in [-0.3, -0.25) is 0 Å².